The molecule has 0 aromatic heterocycles. The first-order valence-electron chi connectivity index (χ1n) is 11.7. The van der Waals surface area contributed by atoms with Crippen LogP contribution in [-0.4, -0.2) is 66.6 Å². The summed E-state index contributed by atoms with van der Waals surface area (Å²) >= 11 is 7.16. The van der Waals surface area contributed by atoms with Gasteiger partial charge in [0.05, 0.1) is 18.2 Å². The number of guanidine groups is 1. The summed E-state index contributed by atoms with van der Waals surface area (Å²) in [7, 11) is -4.36. The molecule has 0 spiro atoms. The van der Waals surface area contributed by atoms with Crippen molar-refractivity contribution in [2.75, 3.05) is 25.9 Å². The van der Waals surface area contributed by atoms with E-state index in [1.165, 1.54) is 5.01 Å². The average molecular weight is 587 g/mol. The maximum atomic E-state index is 13.2. The summed E-state index contributed by atoms with van der Waals surface area (Å²) in [4.78, 5) is 4.20. The lowest BCUT2D eigenvalue weighted by molar-refractivity contribution is -0.182. The monoisotopic (exact) mass is 586 g/mol. The van der Waals surface area contributed by atoms with Gasteiger partial charge >= 0.3 is 16.4 Å². The Kier molecular flexibility index (Phi) is 8.70. The molecule has 0 radical (unpaired) electrons. The number of nitrogens with zero attached hydrogens (tertiary/aromatic N) is 5. The Labute approximate surface area is 228 Å². The SMILES string of the molecule is CSC(N)=NC(=NS(=O)(=O)N1CCC(C(F)(F)F)CC1)N1C[C@H](c2ccccc2)C(c2ccc(Cl)cc2)=N1. The van der Waals surface area contributed by atoms with Gasteiger partial charge in [0.25, 0.3) is 5.96 Å². The summed E-state index contributed by atoms with van der Waals surface area (Å²) < 4.78 is 70.4. The van der Waals surface area contributed by atoms with Crippen LogP contribution in [0.4, 0.5) is 13.2 Å². The van der Waals surface area contributed by atoms with Crippen molar-refractivity contribution in [2.45, 2.75) is 24.9 Å². The van der Waals surface area contributed by atoms with Crippen LogP contribution >= 0.6 is 23.4 Å². The lowest BCUT2D eigenvalue weighted by Gasteiger charge is -2.30. The van der Waals surface area contributed by atoms with Crippen LogP contribution in [0.1, 0.15) is 29.9 Å². The lowest BCUT2D eigenvalue weighted by Crippen LogP contribution is -2.42. The molecule has 38 heavy (non-hydrogen) atoms. The van der Waals surface area contributed by atoms with E-state index in [0.717, 1.165) is 27.2 Å². The Morgan fingerprint density at radius 3 is 2.32 bits per heavy atom. The van der Waals surface area contributed by atoms with Gasteiger partial charge in [-0.05, 0) is 42.4 Å². The molecule has 2 aromatic rings. The van der Waals surface area contributed by atoms with Crippen LogP contribution in [-0.2, 0) is 10.2 Å². The summed E-state index contributed by atoms with van der Waals surface area (Å²) in [6.07, 6.45) is -3.35. The van der Waals surface area contributed by atoms with Gasteiger partial charge < -0.3 is 5.73 Å². The zero-order valence-electron chi connectivity index (χ0n) is 20.3. The van der Waals surface area contributed by atoms with Crippen LogP contribution in [0.3, 0.4) is 0 Å². The van der Waals surface area contributed by atoms with E-state index in [1.54, 1.807) is 18.4 Å². The third-order valence-corrected chi connectivity index (χ3v) is 8.52. The lowest BCUT2D eigenvalue weighted by atomic mass is 9.91. The second-order valence-corrected chi connectivity index (χ2v) is 11.6. The van der Waals surface area contributed by atoms with Crippen LogP contribution in [0.2, 0.25) is 5.02 Å². The molecule has 0 amide bonds. The van der Waals surface area contributed by atoms with Gasteiger partial charge in [0.15, 0.2) is 5.17 Å². The topological polar surface area (TPSA) is 104 Å². The fraction of sp³-hybridized carbons (Fsp3) is 0.375. The van der Waals surface area contributed by atoms with Gasteiger partial charge in [-0.2, -0.15) is 36.0 Å². The second-order valence-electron chi connectivity index (χ2n) is 8.78. The summed E-state index contributed by atoms with van der Waals surface area (Å²) in [5, 5.41) is 6.66. The molecule has 2 aliphatic rings. The van der Waals surface area contributed by atoms with Crippen LogP contribution in [0, 0.1) is 5.92 Å². The van der Waals surface area contributed by atoms with Crippen LogP contribution in [0.15, 0.2) is 69.1 Å². The molecule has 2 heterocycles. The van der Waals surface area contributed by atoms with Crippen LogP contribution in [0.25, 0.3) is 0 Å². The van der Waals surface area contributed by atoms with E-state index in [2.05, 4.69) is 14.5 Å². The van der Waals surface area contributed by atoms with E-state index in [4.69, 9.17) is 17.3 Å². The standard InChI is InChI=1S/C24H26ClF3N6O2S2/c1-37-22(29)30-23(32-38(35,36)33-13-11-18(12-14-33)24(26,27)28)34-15-20(16-5-3-2-4-6-16)21(31-34)17-7-9-19(25)10-8-17/h2-10,18,20H,11-15H2,1H3,(H2,29,30,32)/t20-/m1/s1. The smallest absolute Gasteiger partial charge is 0.378 e. The minimum Gasteiger partial charge on any atom is -0.378 e. The maximum absolute atomic E-state index is 13.2. The molecule has 0 saturated carbocycles. The predicted octanol–water partition coefficient (Wildman–Crippen LogP) is 4.70. The normalized spacial score (nSPS) is 20.6. The van der Waals surface area contributed by atoms with Crippen molar-refractivity contribution in [2.24, 2.45) is 26.1 Å². The Bertz CT molecular complexity index is 1330. The van der Waals surface area contributed by atoms with E-state index in [-0.39, 0.29) is 49.5 Å². The number of hydrogen-bond acceptors (Lipinski definition) is 4. The highest BCUT2D eigenvalue weighted by molar-refractivity contribution is 8.13. The molecule has 0 bridgehead atoms. The molecule has 0 unspecified atom stereocenters. The average Bonchev–Trinajstić information content (AvgIpc) is 3.34. The number of benzene rings is 2. The molecule has 1 saturated heterocycles. The highest BCUT2D eigenvalue weighted by Crippen LogP contribution is 2.35. The van der Waals surface area contributed by atoms with Gasteiger partial charge in [-0.15, -0.1) is 4.40 Å². The van der Waals surface area contributed by atoms with Crippen molar-refractivity contribution in [1.82, 2.24) is 9.31 Å². The molecule has 14 heteroatoms. The predicted molar refractivity (Wildman–Crippen MR) is 146 cm³/mol. The molecule has 204 valence electrons. The van der Waals surface area contributed by atoms with Crippen LogP contribution in [0.5, 0.6) is 0 Å². The van der Waals surface area contributed by atoms with E-state index >= 15 is 0 Å². The van der Waals surface area contributed by atoms with Crippen molar-refractivity contribution in [1.29, 1.82) is 0 Å². The van der Waals surface area contributed by atoms with Gasteiger partial charge in [0, 0.05) is 24.0 Å². The van der Waals surface area contributed by atoms with Crippen LogP contribution < -0.4 is 5.73 Å². The van der Waals surface area contributed by atoms with Crippen molar-refractivity contribution in [3.63, 3.8) is 0 Å². The van der Waals surface area contributed by atoms with Crippen molar-refractivity contribution < 1.29 is 21.6 Å². The first kappa shape index (κ1) is 28.4. The number of hydrazone groups is 1. The fourth-order valence-corrected chi connectivity index (χ4v) is 5.73. The van der Waals surface area contributed by atoms with Gasteiger partial charge in [-0.1, -0.05) is 65.8 Å². The first-order valence-corrected chi connectivity index (χ1v) is 14.7. The molecule has 8 nitrogen and oxygen atoms in total. The third kappa shape index (κ3) is 6.68. The summed E-state index contributed by atoms with van der Waals surface area (Å²) in [5.74, 6) is -2.06. The highest BCUT2D eigenvalue weighted by atomic mass is 35.5. The number of amidine groups is 1. The van der Waals surface area contributed by atoms with E-state index < -0.39 is 22.3 Å². The third-order valence-electron chi connectivity index (χ3n) is 6.35. The molecular weight excluding hydrogens is 561 g/mol. The zero-order chi connectivity index (χ0) is 27.5. The molecular formula is C24H26ClF3N6O2S2. The summed E-state index contributed by atoms with van der Waals surface area (Å²) in [6, 6.07) is 16.7. The van der Waals surface area contributed by atoms with Gasteiger partial charge in [-0.25, -0.2) is 5.01 Å². The molecule has 2 N–H and O–H groups in total. The van der Waals surface area contributed by atoms with Crippen molar-refractivity contribution in [3.8, 4) is 0 Å². The quantitative estimate of drug-likeness (QED) is 0.413. The molecule has 4 rings (SSSR count). The number of aliphatic imine (C=N–C) groups is 1. The molecule has 2 aromatic carbocycles. The van der Waals surface area contributed by atoms with Gasteiger partial charge in [0.2, 0.25) is 0 Å². The molecule has 2 aliphatic heterocycles. The Morgan fingerprint density at radius 2 is 1.74 bits per heavy atom. The minimum absolute atomic E-state index is 0.0566. The summed E-state index contributed by atoms with van der Waals surface area (Å²) in [6.45, 7) is -0.370. The highest BCUT2D eigenvalue weighted by Gasteiger charge is 2.43. The fourth-order valence-electron chi connectivity index (χ4n) is 4.30. The number of nitrogens with two attached hydrogens (primary N) is 1. The van der Waals surface area contributed by atoms with E-state index in [0.29, 0.717) is 10.7 Å². The van der Waals surface area contributed by atoms with Crippen molar-refractivity contribution in [3.05, 3.63) is 70.7 Å². The number of rotatable bonds is 4. The summed E-state index contributed by atoms with van der Waals surface area (Å²) in [5.41, 5.74) is 8.30. The largest absolute Gasteiger partial charge is 0.391 e. The van der Waals surface area contributed by atoms with Gasteiger partial charge in [0.1, 0.15) is 0 Å². The second kappa shape index (κ2) is 11.6. The maximum Gasteiger partial charge on any atom is 0.391 e. The first-order chi connectivity index (χ1) is 18.0. The van der Waals surface area contributed by atoms with Crippen molar-refractivity contribution >= 4 is 50.4 Å². The van der Waals surface area contributed by atoms with E-state index in [1.807, 2.05) is 42.5 Å². The number of alkyl halides is 3. The zero-order valence-corrected chi connectivity index (χ0v) is 22.7. The number of hydrogen-bond donors (Lipinski definition) is 1. The number of halogens is 4. The Morgan fingerprint density at radius 1 is 1.11 bits per heavy atom. The number of thioether (sulfide) groups is 1. The Balaban J connectivity index is 1.70. The number of piperidine rings is 1. The van der Waals surface area contributed by atoms with Gasteiger partial charge in [-0.3, -0.25) is 0 Å². The minimum atomic E-state index is -4.36. The Hall–Kier alpha value is -2.61. The van der Waals surface area contributed by atoms with E-state index in [9.17, 15) is 21.6 Å². The molecule has 1 atom stereocenters. The molecule has 0 aliphatic carbocycles. The molecule has 1 fully saturated rings.